The highest BCUT2D eigenvalue weighted by molar-refractivity contribution is 7.95. The van der Waals surface area contributed by atoms with E-state index in [1.165, 1.54) is 104 Å². The summed E-state index contributed by atoms with van der Waals surface area (Å²) < 4.78 is 0. The van der Waals surface area contributed by atoms with E-state index in [4.69, 9.17) is 0 Å². The maximum atomic E-state index is 2.40. The van der Waals surface area contributed by atoms with Crippen LogP contribution in [0.15, 0.2) is 146 Å². The lowest BCUT2D eigenvalue weighted by atomic mass is 9.12. The fourth-order valence-corrected chi connectivity index (χ4v) is 13.2. The second-order valence-corrected chi connectivity index (χ2v) is 18.6. The molecule has 2 heteroatoms. The van der Waals surface area contributed by atoms with E-state index in [0.29, 0.717) is 0 Å². The molecule has 0 heterocycles. The summed E-state index contributed by atoms with van der Waals surface area (Å²) in [5.74, 6) is 0. The molecule has 0 radical (unpaired) electrons. The molecule has 0 bridgehead atoms. The van der Waals surface area contributed by atoms with Gasteiger partial charge in [-0.15, -0.1) is 0 Å². The molecule has 6 rings (SSSR count). The van der Waals surface area contributed by atoms with Crippen LogP contribution >= 0.6 is 7.26 Å². The molecule has 0 amide bonds. The first-order valence-electron chi connectivity index (χ1n) is 19.6. The average Bonchev–Trinajstić information content (AvgIpc) is 3.18. The second-order valence-electron chi connectivity index (χ2n) is 14.9. The molecule has 0 spiro atoms. The molecule has 0 N–H and O–H groups in total. The van der Waals surface area contributed by atoms with Gasteiger partial charge in [0.1, 0.15) is 23.2 Å². The van der Waals surface area contributed by atoms with Crippen LogP contribution in [0.25, 0.3) is 0 Å². The minimum Gasteiger partial charge on any atom is -0.197 e. The number of unbranched alkanes of at least 4 members (excludes halogenated alkanes) is 2. The third-order valence-electron chi connectivity index (χ3n) is 12.0. The molecule has 0 fully saturated rings. The molecule has 0 aromatic heterocycles. The Morgan fingerprint density at radius 2 is 0.712 bits per heavy atom. The number of hydrogen-bond acceptors (Lipinski definition) is 0. The molecule has 0 atom stereocenters. The van der Waals surface area contributed by atoms with E-state index < -0.39 is 13.4 Å². The van der Waals surface area contributed by atoms with Crippen LogP contribution in [0.2, 0.25) is 6.32 Å². The van der Waals surface area contributed by atoms with E-state index in [9.17, 15) is 0 Å². The summed E-state index contributed by atoms with van der Waals surface area (Å²) in [5.41, 5.74) is 13.1. The van der Waals surface area contributed by atoms with Crippen LogP contribution in [0.3, 0.4) is 0 Å². The summed E-state index contributed by atoms with van der Waals surface area (Å²) in [6.07, 6.45) is 6.31. The molecule has 0 saturated carbocycles. The summed E-state index contributed by atoms with van der Waals surface area (Å²) in [5, 5.41) is 4.47. The maximum Gasteiger partial charge on any atom is 0.112 e. The maximum absolute atomic E-state index is 2.40. The predicted octanol–water partition coefficient (Wildman–Crippen LogP) is 10.6. The molecule has 6 aromatic rings. The van der Waals surface area contributed by atoms with Crippen molar-refractivity contribution in [1.29, 1.82) is 0 Å². The Hall–Kier alpha value is -4.19. The summed E-state index contributed by atoms with van der Waals surface area (Å²) in [6.45, 7) is 18.3. The van der Waals surface area contributed by atoms with Gasteiger partial charge in [0, 0.05) is 0 Å². The predicted molar refractivity (Wildman–Crippen MR) is 237 cm³/mol. The lowest BCUT2D eigenvalue weighted by molar-refractivity contribution is 0.873. The van der Waals surface area contributed by atoms with E-state index in [1.54, 1.807) is 0 Å². The number of benzene rings is 6. The zero-order valence-electron chi connectivity index (χ0n) is 33.1. The van der Waals surface area contributed by atoms with Gasteiger partial charge in [-0.3, -0.25) is 0 Å². The fourth-order valence-electron chi connectivity index (χ4n) is 8.68. The fraction of sp³-hybridized carbons (Fsp3) is 0.280. The van der Waals surface area contributed by atoms with E-state index in [-0.39, 0.29) is 0 Å². The Kier molecular flexibility index (Phi) is 13.5. The van der Waals surface area contributed by atoms with Gasteiger partial charge in [-0.05, 0) is 84.4 Å². The average molecular weight is 703 g/mol. The highest BCUT2D eigenvalue weighted by Gasteiger charge is 2.44. The van der Waals surface area contributed by atoms with Crippen LogP contribution < -0.4 is 32.3 Å². The molecule has 0 aliphatic rings. The minimum absolute atomic E-state index is 1.05. The molecule has 52 heavy (non-hydrogen) atoms. The van der Waals surface area contributed by atoms with Gasteiger partial charge in [-0.1, -0.05) is 176 Å². The second kappa shape index (κ2) is 18.0. The minimum atomic E-state index is -1.57. The van der Waals surface area contributed by atoms with Gasteiger partial charge in [0.2, 0.25) is 0 Å². The summed E-state index contributed by atoms with van der Waals surface area (Å²) in [6, 6.07) is 54.1. The molecule has 268 valence electrons. The van der Waals surface area contributed by atoms with E-state index in [0.717, 1.165) is 0 Å². The van der Waals surface area contributed by atoms with Gasteiger partial charge in [0.05, 0.1) is 12.3 Å². The first kappa shape index (κ1) is 39.0. The molecule has 0 unspecified atom stereocenters. The highest BCUT2D eigenvalue weighted by atomic mass is 31.2. The summed E-state index contributed by atoms with van der Waals surface area (Å²) in [7, 11) is -1.57. The molecular formula is C50H60BP. The zero-order chi connectivity index (χ0) is 37.1. The highest BCUT2D eigenvalue weighted by Crippen LogP contribution is 2.55. The van der Waals surface area contributed by atoms with Crippen molar-refractivity contribution in [3.63, 3.8) is 0 Å². The van der Waals surface area contributed by atoms with Crippen molar-refractivity contribution in [2.75, 3.05) is 6.16 Å². The number of hydrogen-bond donors (Lipinski definition) is 0. The summed E-state index contributed by atoms with van der Waals surface area (Å²) in [4.78, 5) is 0. The van der Waals surface area contributed by atoms with E-state index >= 15 is 0 Å². The van der Waals surface area contributed by atoms with Crippen LogP contribution in [0.5, 0.6) is 0 Å². The Balaban J connectivity index is 0.000000206. The Labute approximate surface area is 317 Å². The van der Waals surface area contributed by atoms with E-state index in [2.05, 4.69) is 201 Å². The lowest BCUT2D eigenvalue weighted by Crippen LogP contribution is -2.69. The van der Waals surface area contributed by atoms with Gasteiger partial charge in [-0.2, -0.15) is 22.7 Å². The molecule has 0 saturated heterocycles. The van der Waals surface area contributed by atoms with Crippen LogP contribution in [0.1, 0.15) is 72.9 Å². The third-order valence-corrected chi connectivity index (χ3v) is 16.5. The molecule has 0 aliphatic heterocycles. The van der Waals surface area contributed by atoms with Gasteiger partial charge < -0.3 is 0 Å². The SMILES string of the molecule is CCCC[B-](c1cccc(C)c1C)(c1cccc(C)c1C)c1cccc(C)c1C.CCCC[P+](c1ccccc1)(c1ccccc1)c1ccccc1. The topological polar surface area (TPSA) is 0 Å². The number of rotatable bonds is 12. The van der Waals surface area contributed by atoms with Crippen LogP contribution in [-0.2, 0) is 0 Å². The van der Waals surface area contributed by atoms with Crippen molar-refractivity contribution in [2.24, 2.45) is 0 Å². The van der Waals surface area contributed by atoms with Crippen molar-refractivity contribution < 1.29 is 0 Å². The van der Waals surface area contributed by atoms with Gasteiger partial charge in [-0.25, -0.2) is 0 Å². The monoisotopic (exact) mass is 702 g/mol. The Morgan fingerprint density at radius 1 is 0.385 bits per heavy atom. The van der Waals surface area contributed by atoms with Gasteiger partial charge >= 0.3 is 0 Å². The summed E-state index contributed by atoms with van der Waals surface area (Å²) >= 11 is 0. The quantitative estimate of drug-likeness (QED) is 0.0880. The van der Waals surface area contributed by atoms with Crippen LogP contribution in [0.4, 0.5) is 0 Å². The van der Waals surface area contributed by atoms with Gasteiger partial charge in [0.25, 0.3) is 0 Å². The Morgan fingerprint density at radius 3 is 1.02 bits per heavy atom. The van der Waals surface area contributed by atoms with Crippen LogP contribution in [0, 0.1) is 41.5 Å². The molecular weight excluding hydrogens is 642 g/mol. The largest absolute Gasteiger partial charge is 0.197 e. The Bertz CT molecular complexity index is 1790. The molecule has 6 aromatic carbocycles. The smallest absolute Gasteiger partial charge is 0.112 e. The van der Waals surface area contributed by atoms with Crippen molar-refractivity contribution in [3.8, 4) is 0 Å². The first-order chi connectivity index (χ1) is 25.2. The molecule has 0 nitrogen and oxygen atoms in total. The standard InChI is InChI=1S/C28H36B.C22H24P/c1-8-9-19-29(26-16-10-13-20(2)23(26)5,27-17-11-14-21(3)24(27)6)28-18-12-15-22(4)25(28)7;1-2-3-19-23(20-13-7-4-8-14-20,21-15-9-5-10-16-21)22-17-11-6-12-18-22/h10-18H,8-9,19H2,1-7H3;4-18H,2-3,19H2,1H3/q-1;+1. The third kappa shape index (κ3) is 7.92. The normalized spacial score (nSPS) is 11.5. The zero-order valence-corrected chi connectivity index (χ0v) is 34.0. The lowest BCUT2D eigenvalue weighted by Gasteiger charge is -2.47. The van der Waals surface area contributed by atoms with Crippen LogP contribution in [-0.4, -0.2) is 12.3 Å². The van der Waals surface area contributed by atoms with Crippen molar-refractivity contribution in [2.45, 2.75) is 87.4 Å². The first-order valence-corrected chi connectivity index (χ1v) is 21.6. The van der Waals surface area contributed by atoms with Gasteiger partial charge in [0.15, 0.2) is 0 Å². The van der Waals surface area contributed by atoms with E-state index in [1.807, 2.05) is 0 Å². The van der Waals surface area contributed by atoms with Crippen molar-refractivity contribution in [3.05, 3.63) is 179 Å². The van der Waals surface area contributed by atoms with Crippen molar-refractivity contribution in [1.82, 2.24) is 0 Å². The van der Waals surface area contributed by atoms with Crippen molar-refractivity contribution >= 4 is 45.7 Å². The molecule has 0 aliphatic carbocycles. The number of aryl methyl sites for hydroxylation is 3.